The van der Waals surface area contributed by atoms with Crippen LogP contribution in [-0.2, 0) is 9.59 Å². The van der Waals surface area contributed by atoms with E-state index < -0.39 is 35.4 Å². The summed E-state index contributed by atoms with van der Waals surface area (Å²) in [7, 11) is 0. The Kier molecular flexibility index (Phi) is 6.00. The van der Waals surface area contributed by atoms with Gasteiger partial charge in [0.25, 0.3) is 0 Å². The molecule has 2 atom stereocenters. The van der Waals surface area contributed by atoms with Crippen molar-refractivity contribution in [3.8, 4) is 0 Å². The molecule has 2 aromatic carbocycles. The molecule has 0 aromatic heterocycles. The Balaban J connectivity index is 2.05. The largest absolute Gasteiger partial charge is 0.368 e. The molecule has 25 heavy (non-hydrogen) atoms. The smallest absolute Gasteiger partial charge is 0.244 e. The van der Waals surface area contributed by atoms with E-state index in [2.05, 4.69) is 5.32 Å². The molecule has 0 saturated carbocycles. The number of Topliss-reactive ketones (excluding diaryl/α,β-unsaturated/α-hetero) is 1. The van der Waals surface area contributed by atoms with Crippen molar-refractivity contribution in [2.75, 3.05) is 0 Å². The molecule has 2 rings (SSSR count). The summed E-state index contributed by atoms with van der Waals surface area (Å²) in [6.45, 7) is 1.54. The number of carbonyl (C=O) groups excluding carboxylic acids is 3. The summed E-state index contributed by atoms with van der Waals surface area (Å²) >= 11 is 0. The fourth-order valence-electron chi connectivity index (χ4n) is 2.42. The Morgan fingerprint density at radius 1 is 1.04 bits per heavy atom. The van der Waals surface area contributed by atoms with E-state index in [1.807, 2.05) is 0 Å². The van der Waals surface area contributed by atoms with Crippen LogP contribution in [0, 0.1) is 11.7 Å². The van der Waals surface area contributed by atoms with Gasteiger partial charge in [0.2, 0.25) is 11.8 Å². The fraction of sp³-hybridized carbons (Fsp3) is 0.211. The lowest BCUT2D eigenvalue weighted by molar-refractivity contribution is -0.129. The van der Waals surface area contributed by atoms with E-state index in [-0.39, 0.29) is 12.0 Å². The maximum absolute atomic E-state index is 13.6. The van der Waals surface area contributed by atoms with Gasteiger partial charge >= 0.3 is 0 Å². The number of benzene rings is 2. The van der Waals surface area contributed by atoms with Crippen molar-refractivity contribution in [2.45, 2.75) is 19.4 Å². The van der Waals surface area contributed by atoms with E-state index in [0.29, 0.717) is 5.56 Å². The van der Waals surface area contributed by atoms with Gasteiger partial charge in [0, 0.05) is 12.3 Å². The molecule has 2 aromatic rings. The van der Waals surface area contributed by atoms with Gasteiger partial charge in [-0.25, -0.2) is 4.39 Å². The first kappa shape index (κ1) is 18.3. The molecule has 0 bridgehead atoms. The second-order valence-corrected chi connectivity index (χ2v) is 5.76. The highest BCUT2D eigenvalue weighted by Crippen LogP contribution is 2.16. The zero-order valence-electron chi connectivity index (χ0n) is 13.7. The van der Waals surface area contributed by atoms with Gasteiger partial charge in [-0.15, -0.1) is 0 Å². The molecule has 2 amide bonds. The number of nitrogens with one attached hydrogen (secondary N) is 1. The molecule has 5 nitrogen and oxygen atoms in total. The summed E-state index contributed by atoms with van der Waals surface area (Å²) in [5, 5.41) is 2.54. The number of halogens is 1. The third kappa shape index (κ3) is 4.73. The van der Waals surface area contributed by atoms with Crippen molar-refractivity contribution in [3.63, 3.8) is 0 Å². The van der Waals surface area contributed by atoms with Crippen LogP contribution in [0.1, 0.15) is 35.3 Å². The molecule has 0 spiro atoms. The number of amides is 2. The van der Waals surface area contributed by atoms with Gasteiger partial charge in [-0.3, -0.25) is 14.4 Å². The van der Waals surface area contributed by atoms with E-state index >= 15 is 0 Å². The van der Waals surface area contributed by atoms with Crippen LogP contribution in [0.4, 0.5) is 4.39 Å². The first-order valence-electron chi connectivity index (χ1n) is 7.82. The van der Waals surface area contributed by atoms with Crippen LogP contribution in [0.3, 0.4) is 0 Å². The van der Waals surface area contributed by atoms with Crippen LogP contribution in [0.15, 0.2) is 54.6 Å². The third-order valence-corrected chi connectivity index (χ3v) is 3.82. The highest BCUT2D eigenvalue weighted by molar-refractivity contribution is 5.99. The van der Waals surface area contributed by atoms with Crippen LogP contribution in [0.2, 0.25) is 0 Å². The molecule has 0 aliphatic carbocycles. The van der Waals surface area contributed by atoms with Crippen LogP contribution in [0.5, 0.6) is 0 Å². The van der Waals surface area contributed by atoms with E-state index in [1.54, 1.807) is 36.4 Å². The van der Waals surface area contributed by atoms with E-state index in [9.17, 15) is 18.8 Å². The predicted molar refractivity (Wildman–Crippen MR) is 91.0 cm³/mol. The Bertz CT molecular complexity index is 777. The molecule has 0 unspecified atom stereocenters. The minimum absolute atomic E-state index is 0.0586. The maximum atomic E-state index is 13.6. The molecule has 0 radical (unpaired) electrons. The number of hydrogen-bond acceptors (Lipinski definition) is 3. The average Bonchev–Trinajstić information content (AvgIpc) is 2.60. The van der Waals surface area contributed by atoms with Crippen molar-refractivity contribution in [1.29, 1.82) is 0 Å². The van der Waals surface area contributed by atoms with Gasteiger partial charge in [0.15, 0.2) is 5.78 Å². The standard InChI is InChI=1S/C19H19FN2O3/c1-12(11-16(23)14-9-5-6-10-15(14)20)19(25)22-17(18(21)24)13-7-3-2-4-8-13/h2-10,12,17H,11H2,1H3,(H2,21,24)(H,22,25)/t12-,17-/m1/s1. The van der Waals surface area contributed by atoms with E-state index in [0.717, 1.165) is 0 Å². The normalized spacial score (nSPS) is 12.9. The second kappa shape index (κ2) is 8.19. The fourth-order valence-corrected chi connectivity index (χ4v) is 2.42. The van der Waals surface area contributed by atoms with Gasteiger partial charge in [-0.1, -0.05) is 49.4 Å². The Morgan fingerprint density at radius 3 is 2.24 bits per heavy atom. The Hall–Kier alpha value is -3.02. The first-order chi connectivity index (χ1) is 11.9. The summed E-state index contributed by atoms with van der Waals surface area (Å²) < 4.78 is 13.6. The summed E-state index contributed by atoms with van der Waals surface area (Å²) in [6.07, 6.45) is -0.174. The number of rotatable bonds is 7. The Morgan fingerprint density at radius 2 is 1.64 bits per heavy atom. The lowest BCUT2D eigenvalue weighted by Gasteiger charge is -2.18. The van der Waals surface area contributed by atoms with Gasteiger partial charge in [0.05, 0.1) is 5.56 Å². The second-order valence-electron chi connectivity index (χ2n) is 5.76. The van der Waals surface area contributed by atoms with Crippen molar-refractivity contribution < 1.29 is 18.8 Å². The number of ketones is 1. The number of nitrogens with two attached hydrogens (primary N) is 1. The summed E-state index contributed by atoms with van der Waals surface area (Å²) in [6, 6.07) is 13.2. The van der Waals surface area contributed by atoms with Crippen LogP contribution >= 0.6 is 0 Å². The highest BCUT2D eigenvalue weighted by atomic mass is 19.1. The first-order valence-corrected chi connectivity index (χ1v) is 7.82. The van der Waals surface area contributed by atoms with Gasteiger partial charge in [-0.05, 0) is 17.7 Å². The molecule has 0 saturated heterocycles. The topological polar surface area (TPSA) is 89.3 Å². The number of hydrogen-bond donors (Lipinski definition) is 2. The van der Waals surface area contributed by atoms with Gasteiger partial charge in [0.1, 0.15) is 11.9 Å². The minimum Gasteiger partial charge on any atom is -0.368 e. The van der Waals surface area contributed by atoms with Gasteiger partial charge in [-0.2, -0.15) is 0 Å². The lowest BCUT2D eigenvalue weighted by atomic mass is 9.97. The summed E-state index contributed by atoms with van der Waals surface area (Å²) in [4.78, 5) is 36.1. The third-order valence-electron chi connectivity index (χ3n) is 3.82. The van der Waals surface area contributed by atoms with Crippen LogP contribution < -0.4 is 11.1 Å². The van der Waals surface area contributed by atoms with Crippen molar-refractivity contribution in [1.82, 2.24) is 5.32 Å². The van der Waals surface area contributed by atoms with E-state index in [1.165, 1.54) is 25.1 Å². The van der Waals surface area contributed by atoms with Crippen molar-refractivity contribution in [2.24, 2.45) is 11.7 Å². The zero-order chi connectivity index (χ0) is 18.4. The molecule has 0 fully saturated rings. The number of carbonyl (C=O) groups is 3. The molecule has 0 aliphatic heterocycles. The van der Waals surface area contributed by atoms with Crippen molar-refractivity contribution in [3.05, 3.63) is 71.5 Å². The molecular weight excluding hydrogens is 323 g/mol. The molecule has 3 N–H and O–H groups in total. The minimum atomic E-state index is -0.986. The zero-order valence-corrected chi connectivity index (χ0v) is 13.7. The SMILES string of the molecule is C[C@H](CC(=O)c1ccccc1F)C(=O)N[C@@H](C(N)=O)c1ccccc1. The van der Waals surface area contributed by atoms with Gasteiger partial charge < -0.3 is 11.1 Å². The maximum Gasteiger partial charge on any atom is 0.244 e. The monoisotopic (exact) mass is 342 g/mol. The molecule has 6 heteroatoms. The summed E-state index contributed by atoms with van der Waals surface area (Å²) in [5.74, 6) is -3.04. The molecule has 0 aliphatic rings. The average molecular weight is 342 g/mol. The highest BCUT2D eigenvalue weighted by Gasteiger charge is 2.25. The number of primary amides is 1. The van der Waals surface area contributed by atoms with Crippen LogP contribution in [-0.4, -0.2) is 17.6 Å². The van der Waals surface area contributed by atoms with Crippen LogP contribution in [0.25, 0.3) is 0 Å². The molecule has 0 heterocycles. The molecule has 130 valence electrons. The summed E-state index contributed by atoms with van der Waals surface area (Å²) in [5.41, 5.74) is 5.85. The predicted octanol–water partition coefficient (Wildman–Crippen LogP) is 2.38. The van der Waals surface area contributed by atoms with E-state index in [4.69, 9.17) is 5.73 Å². The molecular formula is C19H19FN2O3. The lowest BCUT2D eigenvalue weighted by Crippen LogP contribution is -2.40. The quantitative estimate of drug-likeness (QED) is 0.757. The Labute approximate surface area is 145 Å². The van der Waals surface area contributed by atoms with Crippen molar-refractivity contribution >= 4 is 17.6 Å².